The Morgan fingerprint density at radius 2 is 1.85 bits per heavy atom. The molecule has 0 aliphatic carbocycles. The largest absolute Gasteiger partial charge is 0.416 e. The molecule has 2 aromatic carbocycles. The van der Waals surface area contributed by atoms with Gasteiger partial charge in [-0.05, 0) is 48.7 Å². The number of aliphatic hydroxyl groups is 1. The predicted molar refractivity (Wildman–Crippen MR) is 118 cm³/mol. The second kappa shape index (κ2) is 8.10. The summed E-state index contributed by atoms with van der Waals surface area (Å²) in [5.41, 5.74) is 1.10. The summed E-state index contributed by atoms with van der Waals surface area (Å²) in [5, 5.41) is 23.2. The van der Waals surface area contributed by atoms with E-state index >= 15 is 0 Å². The van der Waals surface area contributed by atoms with Gasteiger partial charge in [-0.2, -0.15) is 13.2 Å². The Bertz CT molecular complexity index is 1370. The molecule has 0 spiro atoms. The average Bonchev–Trinajstić information content (AvgIpc) is 3.38. The number of halogens is 3. The summed E-state index contributed by atoms with van der Waals surface area (Å²) in [7, 11) is 0. The summed E-state index contributed by atoms with van der Waals surface area (Å²) in [6.45, 7) is 2.35. The maximum absolute atomic E-state index is 12.9. The number of alkyl halides is 3. The van der Waals surface area contributed by atoms with E-state index in [-0.39, 0.29) is 24.2 Å². The Morgan fingerprint density at radius 1 is 1.12 bits per heavy atom. The lowest BCUT2D eigenvalue weighted by Crippen LogP contribution is -2.47. The van der Waals surface area contributed by atoms with Gasteiger partial charge in [0.05, 0.1) is 46.7 Å². The Hall–Kier alpha value is -3.44. The number of piperidine rings is 1. The molecule has 2 aromatic heterocycles. The van der Waals surface area contributed by atoms with Crippen LogP contribution >= 0.6 is 0 Å². The highest BCUT2D eigenvalue weighted by molar-refractivity contribution is 5.74. The monoisotopic (exact) mass is 472 g/mol. The van der Waals surface area contributed by atoms with Gasteiger partial charge in [0, 0.05) is 12.5 Å². The van der Waals surface area contributed by atoms with Crippen LogP contribution in [0.15, 0.2) is 53.5 Å². The van der Waals surface area contributed by atoms with Crippen molar-refractivity contribution in [3.05, 3.63) is 81.5 Å². The molecule has 0 radical (unpaired) electrons. The lowest BCUT2D eigenvalue weighted by Gasteiger charge is -2.40. The van der Waals surface area contributed by atoms with Gasteiger partial charge >= 0.3 is 11.9 Å². The lowest BCUT2D eigenvalue weighted by molar-refractivity contribution is -0.137. The van der Waals surface area contributed by atoms with E-state index in [2.05, 4.69) is 25.6 Å². The standard InChI is InChI=1S/C23H23F3N6O2/c1-13-9-22(34,15-3-5-16(6-4-15)23(24,25)26)10-19(27-13)20-12-32(31-30-20)11-14-2-7-17-18(8-14)29-21(33)28-17/h2-8,12-13,19,27,34H,9-11H2,1H3,(H2,28,29,33)/t13-,19-,22?/m0/s1. The van der Waals surface area contributed by atoms with E-state index in [0.29, 0.717) is 29.7 Å². The molecule has 34 heavy (non-hydrogen) atoms. The van der Waals surface area contributed by atoms with E-state index in [1.807, 2.05) is 25.1 Å². The molecule has 1 unspecified atom stereocenters. The zero-order valence-corrected chi connectivity index (χ0v) is 18.2. The van der Waals surface area contributed by atoms with Gasteiger partial charge in [0.15, 0.2) is 0 Å². The van der Waals surface area contributed by atoms with Gasteiger partial charge in [0.25, 0.3) is 0 Å². The number of H-pyrrole nitrogens is 2. The molecule has 8 nitrogen and oxygen atoms in total. The Balaban J connectivity index is 1.35. The molecule has 0 bridgehead atoms. The van der Waals surface area contributed by atoms with Gasteiger partial charge in [-0.3, -0.25) is 0 Å². The number of aromatic nitrogens is 5. The molecule has 1 fully saturated rings. The highest BCUT2D eigenvalue weighted by Gasteiger charge is 2.41. The number of aromatic amines is 2. The van der Waals surface area contributed by atoms with Crippen molar-refractivity contribution in [2.45, 2.75) is 50.2 Å². The molecule has 3 heterocycles. The van der Waals surface area contributed by atoms with Gasteiger partial charge in [-0.15, -0.1) is 5.10 Å². The van der Waals surface area contributed by atoms with Crippen molar-refractivity contribution in [3.63, 3.8) is 0 Å². The predicted octanol–water partition coefficient (Wildman–Crippen LogP) is 3.22. The van der Waals surface area contributed by atoms with Crippen molar-refractivity contribution in [2.24, 2.45) is 0 Å². The fraction of sp³-hybridized carbons (Fsp3) is 0.348. The van der Waals surface area contributed by atoms with Crippen molar-refractivity contribution < 1.29 is 18.3 Å². The van der Waals surface area contributed by atoms with Crippen LogP contribution in [0.4, 0.5) is 13.2 Å². The van der Waals surface area contributed by atoms with E-state index in [4.69, 9.17) is 0 Å². The topological polar surface area (TPSA) is 112 Å². The van der Waals surface area contributed by atoms with E-state index in [9.17, 15) is 23.1 Å². The zero-order chi connectivity index (χ0) is 24.1. The first-order valence-corrected chi connectivity index (χ1v) is 10.9. The smallest absolute Gasteiger partial charge is 0.385 e. The van der Waals surface area contributed by atoms with Gasteiger partial charge in [-0.25, -0.2) is 9.48 Å². The molecule has 1 aliphatic heterocycles. The maximum atomic E-state index is 12.9. The maximum Gasteiger partial charge on any atom is 0.416 e. The van der Waals surface area contributed by atoms with Crippen LogP contribution in [0.3, 0.4) is 0 Å². The molecule has 5 rings (SSSR count). The number of hydrogen-bond acceptors (Lipinski definition) is 5. The van der Waals surface area contributed by atoms with Crippen molar-refractivity contribution in [2.75, 3.05) is 0 Å². The lowest BCUT2D eigenvalue weighted by atomic mass is 9.78. The highest BCUT2D eigenvalue weighted by atomic mass is 19.4. The van der Waals surface area contributed by atoms with Crippen LogP contribution in [0.25, 0.3) is 11.0 Å². The second-order valence-corrected chi connectivity index (χ2v) is 8.94. The number of rotatable bonds is 4. The van der Waals surface area contributed by atoms with E-state index in [1.54, 1.807) is 10.9 Å². The molecule has 0 amide bonds. The summed E-state index contributed by atoms with van der Waals surface area (Å²) in [5.74, 6) is 0. The van der Waals surface area contributed by atoms with Gasteiger partial charge in [0.1, 0.15) is 0 Å². The van der Waals surface area contributed by atoms with Gasteiger partial charge in [0.2, 0.25) is 0 Å². The molecule has 1 aliphatic rings. The highest BCUT2D eigenvalue weighted by Crippen LogP contribution is 2.40. The van der Waals surface area contributed by atoms with Crippen molar-refractivity contribution in [1.29, 1.82) is 0 Å². The third kappa shape index (κ3) is 4.36. The number of benzene rings is 2. The van der Waals surface area contributed by atoms with E-state index in [1.165, 1.54) is 12.1 Å². The minimum atomic E-state index is -4.43. The fourth-order valence-corrected chi connectivity index (χ4v) is 4.70. The van der Waals surface area contributed by atoms with Crippen LogP contribution in [0.5, 0.6) is 0 Å². The fourth-order valence-electron chi connectivity index (χ4n) is 4.70. The first-order chi connectivity index (χ1) is 16.1. The normalized spacial score (nSPS) is 23.4. The van der Waals surface area contributed by atoms with Gasteiger partial charge in [-0.1, -0.05) is 23.4 Å². The summed E-state index contributed by atoms with van der Waals surface area (Å²) in [4.78, 5) is 16.9. The molecule has 1 saturated heterocycles. The molecule has 3 atom stereocenters. The van der Waals surface area contributed by atoms with E-state index in [0.717, 1.165) is 23.2 Å². The third-order valence-electron chi connectivity index (χ3n) is 6.26. The van der Waals surface area contributed by atoms with Crippen molar-refractivity contribution in [3.8, 4) is 0 Å². The molecule has 178 valence electrons. The summed E-state index contributed by atoms with van der Waals surface area (Å²) < 4.78 is 40.5. The minimum Gasteiger partial charge on any atom is -0.385 e. The Morgan fingerprint density at radius 3 is 2.59 bits per heavy atom. The number of imidazole rings is 1. The molecular formula is C23H23F3N6O2. The summed E-state index contributed by atoms with van der Waals surface area (Å²) in [6, 6.07) is 9.83. The van der Waals surface area contributed by atoms with Crippen LogP contribution in [0, 0.1) is 0 Å². The molecule has 4 N–H and O–H groups in total. The van der Waals surface area contributed by atoms with Crippen LogP contribution in [-0.4, -0.2) is 36.1 Å². The first kappa shape index (κ1) is 22.4. The summed E-state index contributed by atoms with van der Waals surface area (Å²) >= 11 is 0. The quantitative estimate of drug-likeness (QED) is 0.365. The zero-order valence-electron chi connectivity index (χ0n) is 18.2. The SMILES string of the molecule is C[C@H]1CC(O)(c2ccc(C(F)(F)F)cc2)C[C@@H](c2cn(Cc3ccc4[nH]c(=O)[nH]c4c3)nn2)N1. The first-order valence-electron chi connectivity index (χ1n) is 10.9. The van der Waals surface area contributed by atoms with Crippen molar-refractivity contribution >= 4 is 11.0 Å². The van der Waals surface area contributed by atoms with Crippen LogP contribution < -0.4 is 11.0 Å². The Kier molecular flexibility index (Phi) is 5.33. The molecule has 0 saturated carbocycles. The number of hydrogen-bond donors (Lipinski definition) is 4. The molecule has 11 heteroatoms. The van der Waals surface area contributed by atoms with E-state index < -0.39 is 17.3 Å². The van der Waals surface area contributed by atoms with Crippen LogP contribution in [0.1, 0.15) is 48.2 Å². The molecular weight excluding hydrogens is 449 g/mol. The van der Waals surface area contributed by atoms with Crippen LogP contribution in [0.2, 0.25) is 0 Å². The van der Waals surface area contributed by atoms with Crippen molar-refractivity contribution in [1.82, 2.24) is 30.3 Å². The van der Waals surface area contributed by atoms with Gasteiger partial charge < -0.3 is 20.4 Å². The second-order valence-electron chi connectivity index (χ2n) is 8.94. The van der Waals surface area contributed by atoms with Crippen LogP contribution in [-0.2, 0) is 18.3 Å². The number of fused-ring (bicyclic) bond motifs is 1. The summed E-state index contributed by atoms with van der Waals surface area (Å²) in [6.07, 6.45) is -2.03. The Labute approximate surface area is 191 Å². The number of nitrogens with one attached hydrogen (secondary N) is 3. The average molecular weight is 472 g/mol. The number of nitrogens with zero attached hydrogens (tertiary/aromatic N) is 3. The minimum absolute atomic E-state index is 0.0935. The third-order valence-corrected chi connectivity index (χ3v) is 6.26. The molecule has 4 aromatic rings.